The fourth-order valence-electron chi connectivity index (χ4n) is 4.31. The number of hydrogen-bond donors (Lipinski definition) is 0. The van der Waals surface area contributed by atoms with Crippen LogP contribution in [0.3, 0.4) is 0 Å². The average molecular weight is 1170 g/mol. The SMILES string of the molecule is BrBr.CC(=O)OCCOCCOc1ccc(C(=O)C(C)(C)Br)cc1.CC(=O)OCCOCCOc1ccc(C(=O)C(C)C)cc1.CC(=O)OCCOCCOc1ccccc1.CC(C)C(=O)Cl.[CH3-]. The molecule has 19 heteroatoms. The molecule has 0 fully saturated rings. The van der Waals surface area contributed by atoms with Gasteiger partial charge in [0.05, 0.1) is 44.0 Å². The van der Waals surface area contributed by atoms with Crippen molar-refractivity contribution in [2.45, 2.75) is 66.6 Å². The van der Waals surface area contributed by atoms with Crippen LogP contribution in [-0.4, -0.2) is 118 Å². The van der Waals surface area contributed by atoms with Crippen LogP contribution in [0.5, 0.6) is 17.2 Å². The summed E-state index contributed by atoms with van der Waals surface area (Å²) in [4.78, 5) is 65.2. The van der Waals surface area contributed by atoms with Gasteiger partial charge in [0.25, 0.3) is 0 Å². The molecule has 0 unspecified atom stereocenters. The van der Waals surface area contributed by atoms with Gasteiger partial charge in [0.2, 0.25) is 5.24 Å². The number of rotatable bonds is 26. The Balaban J connectivity index is -0.000000864. The lowest BCUT2D eigenvalue weighted by atomic mass is 10.0. The summed E-state index contributed by atoms with van der Waals surface area (Å²) in [5, 5.41) is -0.269. The third-order valence-corrected chi connectivity index (χ3v) is 8.40. The second-order valence-electron chi connectivity index (χ2n) is 14.5. The first-order chi connectivity index (χ1) is 31.7. The Morgan fingerprint density at radius 2 is 0.779 bits per heavy atom. The fourth-order valence-corrected chi connectivity index (χ4v) is 4.53. The summed E-state index contributed by atoms with van der Waals surface area (Å²) in [6.07, 6.45) is 0. The Morgan fingerprint density at radius 3 is 1.06 bits per heavy atom. The van der Waals surface area contributed by atoms with Crippen molar-refractivity contribution in [2.24, 2.45) is 11.8 Å². The summed E-state index contributed by atoms with van der Waals surface area (Å²) in [6, 6.07) is 23.6. The maximum atomic E-state index is 12.0. The number of ether oxygens (including phenoxy) is 9. The maximum absolute atomic E-state index is 12.0. The van der Waals surface area contributed by atoms with E-state index >= 15 is 0 Å². The summed E-state index contributed by atoms with van der Waals surface area (Å²) in [5.74, 6) is 1.38. The van der Waals surface area contributed by atoms with Crippen LogP contribution in [0.2, 0.25) is 0 Å². The van der Waals surface area contributed by atoms with Gasteiger partial charge < -0.3 is 50.1 Å². The molecule has 0 spiro atoms. The molecule has 0 aliphatic carbocycles. The average Bonchev–Trinajstić information content (AvgIpc) is 3.29. The number of Topliss-reactive ketones (excluding diaryl/α,β-unsaturated/α-hetero) is 2. The molecule has 0 aliphatic heterocycles. The van der Waals surface area contributed by atoms with Crippen LogP contribution in [0.15, 0.2) is 78.9 Å². The summed E-state index contributed by atoms with van der Waals surface area (Å²) in [7, 11) is 0. The van der Waals surface area contributed by atoms with E-state index in [0.717, 1.165) is 5.75 Å². The second kappa shape index (κ2) is 43.1. The normalized spacial score (nSPS) is 10.0. The quantitative estimate of drug-likeness (QED) is 0.0140. The van der Waals surface area contributed by atoms with Crippen LogP contribution in [0, 0.1) is 19.3 Å². The van der Waals surface area contributed by atoms with E-state index in [4.69, 9.17) is 54.2 Å². The van der Waals surface area contributed by atoms with Gasteiger partial charge in [-0.1, -0.05) is 61.8 Å². The molecule has 68 heavy (non-hydrogen) atoms. The molecule has 3 rings (SSSR count). The van der Waals surface area contributed by atoms with Crippen molar-refractivity contribution in [1.82, 2.24) is 0 Å². The predicted molar refractivity (Wildman–Crippen MR) is 275 cm³/mol. The van der Waals surface area contributed by atoms with Crippen molar-refractivity contribution in [1.29, 1.82) is 0 Å². The summed E-state index contributed by atoms with van der Waals surface area (Å²) >= 11 is 13.8. The lowest BCUT2D eigenvalue weighted by molar-refractivity contribution is -0.143. The van der Waals surface area contributed by atoms with Gasteiger partial charge in [0.15, 0.2) is 11.6 Å². The van der Waals surface area contributed by atoms with Crippen molar-refractivity contribution < 1.29 is 71.4 Å². The number of esters is 3. The molecule has 0 amide bonds. The highest BCUT2D eigenvalue weighted by atomic mass is 80.9. The van der Waals surface area contributed by atoms with Crippen molar-refractivity contribution in [3.63, 3.8) is 0 Å². The Kier molecular flexibility index (Phi) is 43.4. The molecule has 384 valence electrons. The van der Waals surface area contributed by atoms with Gasteiger partial charge in [-0.3, -0.25) is 28.8 Å². The minimum atomic E-state index is -0.578. The molecule has 3 aromatic carbocycles. The van der Waals surface area contributed by atoms with Gasteiger partial charge in [0, 0.05) is 72.0 Å². The number of benzene rings is 3. The topological polar surface area (TPSA) is 185 Å². The Labute approximate surface area is 431 Å². The minimum absolute atomic E-state index is 0. The fraction of sp³-hybridized carbons (Fsp3) is 0.490. The van der Waals surface area contributed by atoms with Crippen molar-refractivity contribution >= 4 is 90.5 Å². The monoisotopic (exact) mass is 1170 g/mol. The molecular formula is C49H69Br3ClO15-. The van der Waals surface area contributed by atoms with Crippen molar-refractivity contribution in [2.75, 3.05) is 79.3 Å². The van der Waals surface area contributed by atoms with E-state index in [1.165, 1.54) is 20.8 Å². The Bertz CT molecular complexity index is 1790. The first kappa shape index (κ1) is 68.4. The van der Waals surface area contributed by atoms with Crippen molar-refractivity contribution in [3.8, 4) is 17.2 Å². The molecule has 3 aromatic rings. The van der Waals surface area contributed by atoms with Crippen LogP contribution in [0.25, 0.3) is 0 Å². The zero-order valence-corrected chi connectivity index (χ0v) is 46.3. The summed E-state index contributed by atoms with van der Waals surface area (Å²) in [5.41, 5.74) is 1.32. The lowest BCUT2D eigenvalue weighted by Crippen LogP contribution is -2.23. The third-order valence-electron chi connectivity index (χ3n) is 7.60. The van der Waals surface area contributed by atoms with E-state index in [1.54, 1.807) is 62.4 Å². The van der Waals surface area contributed by atoms with Gasteiger partial charge in [-0.05, 0) is 86.1 Å². The van der Waals surface area contributed by atoms with E-state index in [9.17, 15) is 28.8 Å². The van der Waals surface area contributed by atoms with Crippen molar-refractivity contribution in [3.05, 3.63) is 97.4 Å². The number of carbonyl (C=O) groups excluding carboxylic acids is 6. The Morgan fingerprint density at radius 1 is 0.485 bits per heavy atom. The van der Waals surface area contributed by atoms with Crippen LogP contribution in [0.1, 0.15) is 83.0 Å². The lowest BCUT2D eigenvalue weighted by Gasteiger charge is -2.14. The highest BCUT2D eigenvalue weighted by Crippen LogP contribution is 2.23. The van der Waals surface area contributed by atoms with Gasteiger partial charge >= 0.3 is 17.9 Å². The first-order valence-electron chi connectivity index (χ1n) is 21.1. The number of para-hydroxylation sites is 1. The number of ketones is 2. The van der Waals surface area contributed by atoms with Gasteiger partial charge in [0.1, 0.15) is 56.9 Å². The Hall–Kier alpha value is -3.91. The first-order valence-corrected chi connectivity index (χ1v) is 26.0. The molecule has 0 N–H and O–H groups in total. The highest BCUT2D eigenvalue weighted by Gasteiger charge is 2.24. The highest BCUT2D eigenvalue weighted by molar-refractivity contribution is 9.93. The number of alkyl halides is 1. The molecule has 0 saturated carbocycles. The van der Waals surface area contributed by atoms with Gasteiger partial charge in [-0.25, -0.2) is 0 Å². The zero-order chi connectivity index (χ0) is 51.0. The molecule has 0 bridgehead atoms. The number of carbonyl (C=O) groups is 6. The van der Waals surface area contributed by atoms with Crippen LogP contribution in [-0.2, 0) is 47.6 Å². The van der Waals surface area contributed by atoms with Gasteiger partial charge in [-0.15, -0.1) is 0 Å². The van der Waals surface area contributed by atoms with Crippen LogP contribution >= 0.6 is 55.8 Å². The van der Waals surface area contributed by atoms with E-state index in [-0.39, 0.29) is 67.2 Å². The molecule has 0 aliphatic rings. The molecule has 0 saturated heterocycles. The molecule has 15 nitrogen and oxygen atoms in total. The minimum Gasteiger partial charge on any atom is -0.491 e. The van der Waals surface area contributed by atoms with E-state index in [1.807, 2.05) is 58.0 Å². The number of halogens is 4. The smallest absolute Gasteiger partial charge is 0.302 e. The zero-order valence-electron chi connectivity index (χ0n) is 40.8. The molecular weight excluding hydrogens is 1100 g/mol. The van der Waals surface area contributed by atoms with Gasteiger partial charge in [-0.2, -0.15) is 0 Å². The van der Waals surface area contributed by atoms with Crippen LogP contribution in [0.4, 0.5) is 0 Å². The molecule has 0 atom stereocenters. The molecule has 0 radical (unpaired) electrons. The summed E-state index contributed by atoms with van der Waals surface area (Å²) in [6.45, 7) is 19.4. The maximum Gasteiger partial charge on any atom is 0.302 e. The molecule has 0 aromatic heterocycles. The van der Waals surface area contributed by atoms with E-state index in [2.05, 4.69) is 44.2 Å². The largest absolute Gasteiger partial charge is 0.491 e. The van der Waals surface area contributed by atoms with E-state index in [0.29, 0.717) is 88.7 Å². The number of hydrogen-bond acceptors (Lipinski definition) is 15. The van der Waals surface area contributed by atoms with Crippen LogP contribution < -0.4 is 14.2 Å². The van der Waals surface area contributed by atoms with E-state index < -0.39 is 4.32 Å². The summed E-state index contributed by atoms with van der Waals surface area (Å²) < 4.78 is 45.7. The molecule has 0 heterocycles. The second-order valence-corrected chi connectivity index (χ2v) is 16.9. The standard InChI is InChI=1S/C16H21BrO5.C16H22O5.C12H16O4.C4H7ClO.CH3.Br2/c1-12(18)21-10-8-20-9-11-22-14-6-4-13(5-7-14)15(19)16(2,3)17;1-12(2)16(18)14-4-6-15(7-5-14)21-11-9-19-8-10-20-13(3)17;1-11(13)15-9-7-14-8-10-16-12-5-3-2-4-6-12;1-3(2)4(5)6;;1-2/h4-7H,8-11H2,1-3H3;4-7,12H,8-11H2,1-3H3;2-6H,7-10H2,1H3;3H,1-2H3;1H3;/q;;;;-1;. The third kappa shape index (κ3) is 40.0. The predicted octanol–water partition coefficient (Wildman–Crippen LogP) is 10.7.